The summed E-state index contributed by atoms with van der Waals surface area (Å²) in [6.45, 7) is 4.24. The smallest absolute Gasteiger partial charge is 0.409 e. The summed E-state index contributed by atoms with van der Waals surface area (Å²) < 4.78 is 10.3. The van der Waals surface area contributed by atoms with E-state index in [-0.39, 0.29) is 24.3 Å². The summed E-state index contributed by atoms with van der Waals surface area (Å²) in [4.78, 5) is 57.0. The second kappa shape index (κ2) is 9.11. The van der Waals surface area contributed by atoms with Gasteiger partial charge in [0.05, 0.1) is 19.6 Å². The standard InChI is InChI=1S/C23H33N3O6/c1-3-32-22(30)25-13-11-24(12-14-25)18(27)15-17-20(28)26-10-6-8-16-7-4-5-9-23(17,19(16)26)21(29)31-2/h17H,3-15H2,1-2H3/t17-,23-/m1/s1. The molecule has 0 aromatic carbocycles. The lowest BCUT2D eigenvalue weighted by Gasteiger charge is -2.36. The maximum atomic E-state index is 13.5. The van der Waals surface area contributed by atoms with E-state index in [9.17, 15) is 19.2 Å². The third kappa shape index (κ3) is 3.65. The van der Waals surface area contributed by atoms with Gasteiger partial charge in [0, 0.05) is 44.8 Å². The molecule has 0 radical (unpaired) electrons. The SMILES string of the molecule is CCOC(=O)N1CCN(C(=O)C[C@@H]2C(=O)N3CCCC4=C3[C@@]2(C(=O)OC)CCCC4)CC1. The van der Waals surface area contributed by atoms with Crippen LogP contribution in [0.2, 0.25) is 0 Å². The van der Waals surface area contributed by atoms with Gasteiger partial charge in [-0.25, -0.2) is 4.79 Å². The van der Waals surface area contributed by atoms with Gasteiger partial charge in [-0.1, -0.05) is 6.42 Å². The predicted octanol–water partition coefficient (Wildman–Crippen LogP) is 1.92. The van der Waals surface area contributed by atoms with E-state index in [1.165, 1.54) is 12.7 Å². The molecule has 3 amide bonds. The van der Waals surface area contributed by atoms with Crippen molar-refractivity contribution in [3.63, 3.8) is 0 Å². The number of piperazine rings is 1. The molecule has 2 atom stereocenters. The van der Waals surface area contributed by atoms with E-state index < -0.39 is 17.3 Å². The van der Waals surface area contributed by atoms with Crippen molar-refractivity contribution in [1.82, 2.24) is 14.7 Å². The van der Waals surface area contributed by atoms with Gasteiger partial charge in [-0.05, 0) is 44.6 Å². The van der Waals surface area contributed by atoms with Crippen molar-refractivity contribution in [1.29, 1.82) is 0 Å². The topological polar surface area (TPSA) is 96.5 Å². The Morgan fingerprint density at radius 1 is 1.00 bits per heavy atom. The average molecular weight is 448 g/mol. The fourth-order valence-electron chi connectivity index (χ4n) is 5.93. The van der Waals surface area contributed by atoms with Gasteiger partial charge in [0.2, 0.25) is 11.8 Å². The Labute approximate surface area is 188 Å². The Morgan fingerprint density at radius 2 is 1.69 bits per heavy atom. The molecule has 0 N–H and O–H groups in total. The minimum Gasteiger partial charge on any atom is -0.468 e. The summed E-state index contributed by atoms with van der Waals surface area (Å²) in [5, 5.41) is 0. The zero-order chi connectivity index (χ0) is 22.9. The van der Waals surface area contributed by atoms with Crippen LogP contribution in [0.25, 0.3) is 0 Å². The Morgan fingerprint density at radius 3 is 2.38 bits per heavy atom. The van der Waals surface area contributed by atoms with Crippen molar-refractivity contribution in [3.05, 3.63) is 11.3 Å². The van der Waals surface area contributed by atoms with Crippen LogP contribution in [0.4, 0.5) is 4.79 Å². The number of methoxy groups -OCH3 is 1. The molecule has 9 nitrogen and oxygen atoms in total. The largest absolute Gasteiger partial charge is 0.468 e. The van der Waals surface area contributed by atoms with Gasteiger partial charge < -0.3 is 24.2 Å². The van der Waals surface area contributed by atoms with Gasteiger partial charge >= 0.3 is 12.1 Å². The van der Waals surface area contributed by atoms with E-state index in [4.69, 9.17) is 9.47 Å². The molecular formula is C23H33N3O6. The molecule has 2 fully saturated rings. The summed E-state index contributed by atoms with van der Waals surface area (Å²) in [6, 6.07) is 0. The van der Waals surface area contributed by atoms with Crippen molar-refractivity contribution in [3.8, 4) is 0 Å². The average Bonchev–Trinajstić information content (AvgIpc) is 2.93. The number of carbonyl (C=O) groups is 4. The van der Waals surface area contributed by atoms with E-state index in [0.717, 1.165) is 37.8 Å². The predicted molar refractivity (Wildman–Crippen MR) is 114 cm³/mol. The Kier molecular flexibility index (Phi) is 6.44. The second-order valence-corrected chi connectivity index (χ2v) is 9.04. The molecule has 3 heterocycles. The highest BCUT2D eigenvalue weighted by molar-refractivity contribution is 5.99. The summed E-state index contributed by atoms with van der Waals surface area (Å²) in [7, 11) is 1.37. The third-order valence-electron chi connectivity index (χ3n) is 7.43. The Bertz CT molecular complexity index is 832. The van der Waals surface area contributed by atoms with Crippen molar-refractivity contribution < 1.29 is 28.7 Å². The van der Waals surface area contributed by atoms with Crippen molar-refractivity contribution in [2.45, 2.75) is 51.9 Å². The third-order valence-corrected chi connectivity index (χ3v) is 7.43. The van der Waals surface area contributed by atoms with E-state index in [1.807, 2.05) is 0 Å². The number of carbonyl (C=O) groups excluding carboxylic acids is 4. The first-order valence-corrected chi connectivity index (χ1v) is 11.8. The molecule has 0 aromatic heterocycles. The number of hydrogen-bond acceptors (Lipinski definition) is 6. The maximum absolute atomic E-state index is 13.5. The molecule has 0 bridgehead atoms. The number of hydrogen-bond donors (Lipinski definition) is 0. The molecule has 0 aromatic rings. The lowest BCUT2D eigenvalue weighted by atomic mass is 9.70. The molecule has 0 unspecified atom stereocenters. The van der Waals surface area contributed by atoms with Gasteiger partial charge in [-0.2, -0.15) is 0 Å². The summed E-state index contributed by atoms with van der Waals surface area (Å²) in [5.74, 6) is -1.40. The highest BCUT2D eigenvalue weighted by Crippen LogP contribution is 2.56. The Hall–Kier alpha value is -2.58. The van der Waals surface area contributed by atoms with Crippen LogP contribution in [0.5, 0.6) is 0 Å². The molecule has 1 aliphatic carbocycles. The van der Waals surface area contributed by atoms with E-state index in [1.54, 1.807) is 21.6 Å². The minimum atomic E-state index is -1.06. The van der Waals surface area contributed by atoms with Crippen molar-refractivity contribution in [2.75, 3.05) is 46.4 Å². The Balaban J connectivity index is 1.56. The van der Waals surface area contributed by atoms with Gasteiger partial charge in [0.1, 0.15) is 5.41 Å². The van der Waals surface area contributed by atoms with E-state index in [2.05, 4.69) is 0 Å². The minimum absolute atomic E-state index is 0.0133. The van der Waals surface area contributed by atoms with Gasteiger partial charge in [0.25, 0.3) is 0 Å². The van der Waals surface area contributed by atoms with E-state index >= 15 is 0 Å². The summed E-state index contributed by atoms with van der Waals surface area (Å²) >= 11 is 0. The lowest BCUT2D eigenvalue weighted by Crippen LogP contribution is -2.51. The number of allylic oxidation sites excluding steroid dienone is 1. The molecule has 0 saturated carbocycles. The monoisotopic (exact) mass is 447 g/mol. The molecule has 32 heavy (non-hydrogen) atoms. The number of ether oxygens (including phenoxy) is 2. The zero-order valence-corrected chi connectivity index (χ0v) is 19.1. The first kappa shape index (κ1) is 22.6. The number of rotatable bonds is 4. The first-order valence-electron chi connectivity index (χ1n) is 11.8. The van der Waals surface area contributed by atoms with Crippen LogP contribution < -0.4 is 0 Å². The fourth-order valence-corrected chi connectivity index (χ4v) is 5.93. The quantitative estimate of drug-likeness (QED) is 0.611. The van der Waals surface area contributed by atoms with Gasteiger partial charge in [-0.15, -0.1) is 0 Å². The zero-order valence-electron chi connectivity index (χ0n) is 19.1. The van der Waals surface area contributed by atoms with Gasteiger partial charge in [0.15, 0.2) is 0 Å². The highest BCUT2D eigenvalue weighted by Gasteiger charge is 2.63. The molecule has 3 aliphatic heterocycles. The first-order chi connectivity index (χ1) is 15.4. The highest BCUT2D eigenvalue weighted by atomic mass is 16.6. The molecular weight excluding hydrogens is 414 g/mol. The number of amides is 3. The molecule has 176 valence electrons. The molecule has 9 heteroatoms. The normalized spacial score (nSPS) is 27.8. The van der Waals surface area contributed by atoms with Crippen LogP contribution >= 0.6 is 0 Å². The van der Waals surface area contributed by atoms with E-state index in [0.29, 0.717) is 45.8 Å². The number of esters is 1. The molecule has 4 aliphatic rings. The molecule has 4 rings (SSSR count). The van der Waals surface area contributed by atoms with Crippen LogP contribution in [-0.2, 0) is 23.9 Å². The van der Waals surface area contributed by atoms with Crippen LogP contribution in [-0.4, -0.2) is 85.0 Å². The van der Waals surface area contributed by atoms with Gasteiger partial charge in [-0.3, -0.25) is 14.4 Å². The lowest BCUT2D eigenvalue weighted by molar-refractivity contribution is -0.156. The maximum Gasteiger partial charge on any atom is 0.409 e. The van der Waals surface area contributed by atoms with Crippen LogP contribution in [0.1, 0.15) is 51.9 Å². The van der Waals surface area contributed by atoms with Crippen molar-refractivity contribution in [2.24, 2.45) is 11.3 Å². The fraction of sp³-hybridized carbons (Fsp3) is 0.739. The number of nitrogens with zero attached hydrogens (tertiary/aromatic N) is 3. The summed E-state index contributed by atoms with van der Waals surface area (Å²) in [6.07, 6.45) is 4.64. The van der Waals surface area contributed by atoms with Crippen LogP contribution in [0.15, 0.2) is 11.3 Å². The summed E-state index contributed by atoms with van der Waals surface area (Å²) in [5.41, 5.74) is 0.967. The van der Waals surface area contributed by atoms with Crippen LogP contribution in [0, 0.1) is 11.3 Å². The second-order valence-electron chi connectivity index (χ2n) is 9.04. The molecule has 2 saturated heterocycles. The van der Waals surface area contributed by atoms with Crippen LogP contribution in [0.3, 0.4) is 0 Å². The van der Waals surface area contributed by atoms with Crippen molar-refractivity contribution >= 4 is 23.9 Å². The molecule has 0 spiro atoms.